The van der Waals surface area contributed by atoms with Crippen LogP contribution < -0.4 is 5.32 Å². The standard InChI is InChI=1S/C15H21NO2/c1-2-3-4-5-9-12-16-15(17)18-13-14-10-7-6-8-11-14/h6-7,10H,2-5,9,12-13H2,1H3,(H,16,17). The number of hydrogen-bond acceptors (Lipinski definition) is 2. The Kier molecular flexibility index (Phi) is 7.47. The molecule has 0 aliphatic heterocycles. The molecule has 0 aromatic carbocycles. The molecule has 0 aromatic rings. The molecule has 1 rings (SSSR count). The molecule has 0 atom stereocenters. The Morgan fingerprint density at radius 3 is 2.89 bits per heavy atom. The predicted octanol–water partition coefficient (Wildman–Crippen LogP) is 3.49. The van der Waals surface area contributed by atoms with Crippen LogP contribution in [0.25, 0.3) is 0 Å². The van der Waals surface area contributed by atoms with Crippen LogP contribution in [0.4, 0.5) is 4.79 Å². The lowest BCUT2D eigenvalue weighted by Crippen LogP contribution is -2.25. The number of hydrogen-bond donors (Lipinski definition) is 1. The molecule has 3 nitrogen and oxygen atoms in total. The molecule has 0 unspecified atom stereocenters. The highest BCUT2D eigenvalue weighted by Gasteiger charge is 2.02. The molecule has 3 heteroatoms. The highest BCUT2D eigenvalue weighted by molar-refractivity contribution is 5.67. The normalized spacial score (nSPS) is 12.4. The highest BCUT2D eigenvalue weighted by Crippen LogP contribution is 2.02. The Labute approximate surface area is 109 Å². The van der Waals surface area contributed by atoms with Gasteiger partial charge in [0.15, 0.2) is 0 Å². The number of amides is 1. The van der Waals surface area contributed by atoms with Crippen molar-refractivity contribution in [3.05, 3.63) is 35.3 Å². The van der Waals surface area contributed by atoms with Crippen molar-refractivity contribution in [1.82, 2.24) is 5.32 Å². The average Bonchev–Trinajstić information content (AvgIpc) is 2.41. The number of carbonyl (C=O) groups excluding carboxylic acids is 1. The van der Waals surface area contributed by atoms with Crippen molar-refractivity contribution in [2.45, 2.75) is 39.0 Å². The summed E-state index contributed by atoms with van der Waals surface area (Å²) in [6.07, 6.45) is 11.0. The van der Waals surface area contributed by atoms with Gasteiger partial charge >= 0.3 is 6.09 Å². The van der Waals surface area contributed by atoms with Crippen molar-refractivity contribution in [1.29, 1.82) is 0 Å². The van der Waals surface area contributed by atoms with E-state index in [1.54, 1.807) is 6.08 Å². The number of alkyl carbamates (subject to hydrolysis) is 1. The summed E-state index contributed by atoms with van der Waals surface area (Å²) in [6.45, 7) is 3.12. The van der Waals surface area contributed by atoms with Gasteiger partial charge in [0.1, 0.15) is 6.61 Å². The maximum absolute atomic E-state index is 11.3. The van der Waals surface area contributed by atoms with Gasteiger partial charge in [0.25, 0.3) is 0 Å². The summed E-state index contributed by atoms with van der Waals surface area (Å²) in [4.78, 5) is 11.3. The lowest BCUT2D eigenvalue weighted by atomic mass is 10.1. The number of allylic oxidation sites excluding steroid dienone is 2. The number of rotatable bonds is 8. The lowest BCUT2D eigenvalue weighted by molar-refractivity contribution is 0.156. The summed E-state index contributed by atoms with van der Waals surface area (Å²) in [6, 6.07) is 0. The molecule has 0 aromatic heterocycles. The Bertz CT molecular complexity index is 383. The number of unbranched alkanes of at least 4 members (excludes halogenated alkanes) is 4. The zero-order valence-electron chi connectivity index (χ0n) is 11.0. The number of ether oxygens (including phenoxy) is 1. The summed E-state index contributed by atoms with van der Waals surface area (Å²) >= 11 is 0. The monoisotopic (exact) mass is 247 g/mol. The van der Waals surface area contributed by atoms with E-state index in [1.807, 2.05) is 12.2 Å². The number of carbonyl (C=O) groups is 1. The molecule has 1 aliphatic carbocycles. The minimum atomic E-state index is -0.359. The summed E-state index contributed by atoms with van der Waals surface area (Å²) in [7, 11) is 0. The van der Waals surface area contributed by atoms with Gasteiger partial charge in [-0.05, 0) is 18.6 Å². The van der Waals surface area contributed by atoms with Crippen LogP contribution in [-0.4, -0.2) is 19.2 Å². The van der Waals surface area contributed by atoms with Crippen LogP contribution >= 0.6 is 0 Å². The summed E-state index contributed by atoms with van der Waals surface area (Å²) in [5.41, 5.74) is 6.53. The van der Waals surface area contributed by atoms with Crippen LogP contribution in [0, 0.1) is 0 Å². The third kappa shape index (κ3) is 6.80. The molecule has 1 aliphatic rings. The second kappa shape index (κ2) is 9.35. The van der Waals surface area contributed by atoms with Crippen molar-refractivity contribution < 1.29 is 9.53 Å². The van der Waals surface area contributed by atoms with Crippen LogP contribution in [0.3, 0.4) is 0 Å². The van der Waals surface area contributed by atoms with Gasteiger partial charge in [0.2, 0.25) is 0 Å². The molecular formula is C15H21NO2. The van der Waals surface area contributed by atoms with Gasteiger partial charge in [-0.3, -0.25) is 0 Å². The molecule has 0 saturated carbocycles. The van der Waals surface area contributed by atoms with E-state index in [-0.39, 0.29) is 12.7 Å². The van der Waals surface area contributed by atoms with Crippen molar-refractivity contribution in [2.75, 3.05) is 13.2 Å². The molecule has 1 amide bonds. The van der Waals surface area contributed by atoms with E-state index in [0.717, 1.165) is 18.4 Å². The van der Waals surface area contributed by atoms with Crippen LogP contribution in [-0.2, 0) is 4.74 Å². The minimum Gasteiger partial charge on any atom is -0.444 e. The summed E-state index contributed by atoms with van der Waals surface area (Å²) in [5.74, 6) is 0. The van der Waals surface area contributed by atoms with E-state index < -0.39 is 0 Å². The molecule has 98 valence electrons. The highest BCUT2D eigenvalue weighted by atomic mass is 16.5. The molecular weight excluding hydrogens is 226 g/mol. The van der Waals surface area contributed by atoms with Gasteiger partial charge in [0.05, 0.1) is 0 Å². The van der Waals surface area contributed by atoms with Crippen molar-refractivity contribution in [3.8, 4) is 0 Å². The first-order valence-corrected chi connectivity index (χ1v) is 6.61. The SMILES string of the molecule is CCCCCCCNC(=O)OCC1=C=C=CC=C1. The Balaban J connectivity index is 2.02. The molecule has 1 N–H and O–H groups in total. The maximum atomic E-state index is 11.3. The first-order chi connectivity index (χ1) is 8.83. The van der Waals surface area contributed by atoms with Gasteiger partial charge in [0, 0.05) is 12.1 Å². The van der Waals surface area contributed by atoms with Crippen molar-refractivity contribution in [3.63, 3.8) is 0 Å². The quantitative estimate of drug-likeness (QED) is 0.526. The molecule has 0 spiro atoms. The van der Waals surface area contributed by atoms with E-state index in [4.69, 9.17) is 4.74 Å². The van der Waals surface area contributed by atoms with Gasteiger partial charge in [-0.2, -0.15) is 0 Å². The van der Waals surface area contributed by atoms with E-state index in [2.05, 4.69) is 23.7 Å². The smallest absolute Gasteiger partial charge is 0.407 e. The maximum Gasteiger partial charge on any atom is 0.407 e. The summed E-state index contributed by atoms with van der Waals surface area (Å²) < 4.78 is 5.05. The van der Waals surface area contributed by atoms with Gasteiger partial charge in [-0.25, -0.2) is 4.79 Å². The number of nitrogens with one attached hydrogen (secondary N) is 1. The predicted molar refractivity (Wildman–Crippen MR) is 72.4 cm³/mol. The third-order valence-corrected chi connectivity index (χ3v) is 2.62. The van der Waals surface area contributed by atoms with E-state index in [9.17, 15) is 4.79 Å². The van der Waals surface area contributed by atoms with Crippen LogP contribution in [0.2, 0.25) is 0 Å². The zero-order valence-corrected chi connectivity index (χ0v) is 11.0. The topological polar surface area (TPSA) is 38.3 Å². The second-order valence-corrected chi connectivity index (χ2v) is 4.24. The minimum absolute atomic E-state index is 0.249. The summed E-state index contributed by atoms with van der Waals surface area (Å²) in [5, 5.41) is 2.74. The zero-order chi connectivity index (χ0) is 13.1. The van der Waals surface area contributed by atoms with E-state index in [0.29, 0.717) is 6.54 Å². The van der Waals surface area contributed by atoms with E-state index >= 15 is 0 Å². The Hall–Kier alpha value is -1.69. The van der Waals surface area contributed by atoms with Crippen molar-refractivity contribution >= 4 is 6.09 Å². The third-order valence-electron chi connectivity index (χ3n) is 2.62. The average molecular weight is 247 g/mol. The Morgan fingerprint density at radius 1 is 1.33 bits per heavy atom. The van der Waals surface area contributed by atoms with Crippen LogP contribution in [0.1, 0.15) is 39.0 Å². The first kappa shape index (κ1) is 14.4. The fraction of sp³-hybridized carbons (Fsp3) is 0.533. The molecule has 0 radical (unpaired) electrons. The molecule has 0 heterocycles. The van der Waals surface area contributed by atoms with E-state index in [1.165, 1.54) is 19.3 Å². The van der Waals surface area contributed by atoms with Gasteiger partial charge in [-0.15, -0.1) is 0 Å². The molecule has 0 saturated heterocycles. The van der Waals surface area contributed by atoms with Gasteiger partial charge < -0.3 is 10.1 Å². The molecule has 0 bridgehead atoms. The second-order valence-electron chi connectivity index (χ2n) is 4.24. The Morgan fingerprint density at radius 2 is 2.17 bits per heavy atom. The molecule has 0 fully saturated rings. The van der Waals surface area contributed by atoms with Gasteiger partial charge in [-0.1, -0.05) is 50.1 Å². The fourth-order valence-electron chi connectivity index (χ4n) is 1.59. The fourth-order valence-corrected chi connectivity index (χ4v) is 1.59. The largest absolute Gasteiger partial charge is 0.444 e. The van der Waals surface area contributed by atoms with Crippen molar-refractivity contribution in [2.24, 2.45) is 0 Å². The van der Waals surface area contributed by atoms with Crippen LogP contribution in [0.5, 0.6) is 0 Å². The lowest BCUT2D eigenvalue weighted by Gasteiger charge is -2.06. The molecule has 18 heavy (non-hydrogen) atoms. The first-order valence-electron chi connectivity index (χ1n) is 6.61. The van der Waals surface area contributed by atoms with Crippen LogP contribution in [0.15, 0.2) is 35.3 Å².